The molecule has 2 aliphatic rings. The number of ether oxygens (including phenoxy) is 2. The number of nitrogens with zero attached hydrogens (tertiary/aromatic N) is 6. The number of rotatable bonds is 13. The van der Waals surface area contributed by atoms with E-state index in [4.69, 9.17) is 24.3 Å². The lowest BCUT2D eigenvalue weighted by atomic mass is 10.1. The van der Waals surface area contributed by atoms with Crippen molar-refractivity contribution in [2.75, 3.05) is 26.1 Å². The normalized spacial score (nSPS) is 29.8. The summed E-state index contributed by atoms with van der Waals surface area (Å²) in [5, 5.41) is 32.3. The molecule has 1 saturated heterocycles. The first-order valence-electron chi connectivity index (χ1n) is 15.3. The number of H-pyrrole nitrogens is 2. The van der Waals surface area contributed by atoms with Gasteiger partial charge in [-0.25, -0.2) is 32.8 Å². The van der Waals surface area contributed by atoms with Crippen LogP contribution < -0.4 is 21.4 Å². The number of aryl methyl sites for hydroxylation is 2. The fraction of sp³-hybridized carbons (Fsp3) is 0.583. The fourth-order valence-corrected chi connectivity index (χ4v) is 9.90. The minimum atomic E-state index is -5.92. The molecule has 53 heavy (non-hydrogen) atoms. The number of methoxy groups -OCH3 is 1. The predicted molar refractivity (Wildman–Crippen MR) is 172 cm³/mol. The molecule has 1 aliphatic heterocycles. The molecule has 2 fully saturated rings. The summed E-state index contributed by atoms with van der Waals surface area (Å²) in [6, 6.07) is -0.942. The van der Waals surface area contributed by atoms with Crippen LogP contribution in [-0.2, 0) is 47.9 Å². The van der Waals surface area contributed by atoms with E-state index in [9.17, 15) is 53.3 Å². The number of fused-ring (bicyclic) bond motifs is 2. The minimum absolute atomic E-state index is 0.0414. The zero-order chi connectivity index (χ0) is 38.8. The van der Waals surface area contributed by atoms with E-state index in [0.717, 1.165) is 0 Å². The highest BCUT2D eigenvalue weighted by molar-refractivity contribution is 7.66. The zero-order valence-electron chi connectivity index (χ0n) is 27.7. The minimum Gasteiger partial charge on any atom is -0.390 e. The molecule has 0 amide bonds. The van der Waals surface area contributed by atoms with Gasteiger partial charge in [0.25, 0.3) is 16.7 Å². The zero-order valence-corrected chi connectivity index (χ0v) is 30.4. The SMILES string of the molecule is COC1[C@@H](COP(=O)(O)OP(=O)(O)OP(=O)(O)OC[C@H]2C[C@@H](n3c[n+](C)c4c(=O)[nH]c(N)nc43)[C@@H](O)C2O)O[C@@H](n2cnc3c(=O)[nH]c(C)nc32)[C@H]1O. The summed E-state index contributed by atoms with van der Waals surface area (Å²) < 4.78 is 70.6. The molecule has 5 heterocycles. The molecule has 4 aromatic heterocycles. The molecule has 0 bridgehead atoms. The first-order chi connectivity index (χ1) is 24.7. The second-order valence-electron chi connectivity index (χ2n) is 12.2. The van der Waals surface area contributed by atoms with E-state index in [1.807, 2.05) is 0 Å². The first-order valence-corrected chi connectivity index (χ1v) is 19.8. The number of aliphatic hydroxyl groups is 3. The Hall–Kier alpha value is -3.29. The molecule has 292 valence electrons. The van der Waals surface area contributed by atoms with E-state index in [1.165, 1.54) is 47.4 Å². The Morgan fingerprint density at radius 3 is 2.26 bits per heavy atom. The van der Waals surface area contributed by atoms with Gasteiger partial charge in [-0.3, -0.25) is 28.2 Å². The number of anilines is 1. The van der Waals surface area contributed by atoms with E-state index < -0.39 is 96.5 Å². The van der Waals surface area contributed by atoms with Gasteiger partial charge >= 0.3 is 29.0 Å². The van der Waals surface area contributed by atoms with Gasteiger partial charge < -0.3 is 50.2 Å². The van der Waals surface area contributed by atoms with Crippen LogP contribution in [0.5, 0.6) is 0 Å². The van der Waals surface area contributed by atoms with E-state index >= 15 is 0 Å². The molecule has 10 N–H and O–H groups in total. The summed E-state index contributed by atoms with van der Waals surface area (Å²) in [6.07, 6.45) is -5.96. The Balaban J connectivity index is 1.06. The van der Waals surface area contributed by atoms with Crippen LogP contribution in [0.15, 0.2) is 22.2 Å². The standard InChI is InChI=1S/C24H34N9O17P3/c1-9-27-19-13(21(37)28-9)26-7-32(19)23-17(36)18(45-3)12(48-23)6-47-52(41,42)50-53(43,44)49-51(39,40)46-5-10-4-11(16(35)15(10)34)33-8-31(2)14-20(33)29-24(25)30-22(14)38/h7-8,10-12,15-18,23,34-36H,4-6H2,1-3H3,(H6-,25,27,28,29,30,37,38,39,40,41,42,43,44)/p+1/t10-,11-,12-,15?,16-,17+,18?,23-/m1/s1. The van der Waals surface area contributed by atoms with Crippen LogP contribution in [-0.4, -0.2) is 115 Å². The molecule has 0 radical (unpaired) electrons. The molecule has 6 rings (SSSR count). The van der Waals surface area contributed by atoms with Crippen molar-refractivity contribution in [2.45, 2.75) is 56.1 Å². The third kappa shape index (κ3) is 7.94. The second-order valence-corrected chi connectivity index (χ2v) is 16.8. The summed E-state index contributed by atoms with van der Waals surface area (Å²) in [4.78, 5) is 72.0. The number of aromatic nitrogens is 8. The Labute approximate surface area is 295 Å². The molecule has 1 aliphatic carbocycles. The van der Waals surface area contributed by atoms with Crippen LogP contribution in [0.1, 0.15) is 24.5 Å². The highest BCUT2D eigenvalue weighted by Crippen LogP contribution is 2.68. The molecular weight excluding hydrogens is 779 g/mol. The Kier molecular flexibility index (Phi) is 10.7. The van der Waals surface area contributed by atoms with Gasteiger partial charge in [0.2, 0.25) is 12.3 Å². The molecular formula is C24H35N9O17P3+. The van der Waals surface area contributed by atoms with E-state index in [1.54, 1.807) is 0 Å². The van der Waals surface area contributed by atoms with Crippen LogP contribution in [0.3, 0.4) is 0 Å². The van der Waals surface area contributed by atoms with Gasteiger partial charge in [0, 0.05) is 13.0 Å². The predicted octanol–water partition coefficient (Wildman–Crippen LogP) is -2.50. The lowest BCUT2D eigenvalue weighted by molar-refractivity contribution is -0.646. The van der Waals surface area contributed by atoms with Crippen molar-refractivity contribution in [1.29, 1.82) is 0 Å². The van der Waals surface area contributed by atoms with Crippen molar-refractivity contribution < 1.29 is 75.4 Å². The highest BCUT2D eigenvalue weighted by atomic mass is 31.3. The number of hydrogen-bond acceptors (Lipinski definition) is 18. The summed E-state index contributed by atoms with van der Waals surface area (Å²) in [5.74, 6) is -1.07. The van der Waals surface area contributed by atoms with Gasteiger partial charge in [-0.05, 0) is 13.3 Å². The number of aliphatic hydroxyl groups excluding tert-OH is 3. The van der Waals surface area contributed by atoms with E-state index in [2.05, 4.69) is 33.5 Å². The van der Waals surface area contributed by atoms with Crippen LogP contribution in [0.4, 0.5) is 5.95 Å². The van der Waals surface area contributed by atoms with Gasteiger partial charge in [0.1, 0.15) is 36.3 Å². The molecule has 11 atom stereocenters. The van der Waals surface area contributed by atoms with Gasteiger partial charge in [-0.1, -0.05) is 0 Å². The Morgan fingerprint density at radius 2 is 1.60 bits per heavy atom. The van der Waals surface area contributed by atoms with Crippen LogP contribution in [0.25, 0.3) is 22.3 Å². The lowest BCUT2D eigenvalue weighted by Gasteiger charge is -2.22. The average Bonchev–Trinajstić information content (AvgIpc) is 3.76. The molecule has 4 aromatic rings. The summed E-state index contributed by atoms with van der Waals surface area (Å²) >= 11 is 0. The van der Waals surface area contributed by atoms with E-state index in [-0.39, 0.29) is 40.5 Å². The largest absolute Gasteiger partial charge is 0.490 e. The maximum atomic E-state index is 12.6. The maximum absolute atomic E-state index is 12.6. The average molecular weight is 815 g/mol. The number of hydrogen-bond donors (Lipinski definition) is 9. The molecule has 0 spiro atoms. The molecule has 0 aromatic carbocycles. The fourth-order valence-electron chi connectivity index (χ4n) is 6.33. The summed E-state index contributed by atoms with van der Waals surface area (Å²) in [5.41, 5.74) is 4.68. The number of aromatic amines is 2. The maximum Gasteiger partial charge on any atom is 0.490 e. The molecule has 5 unspecified atom stereocenters. The number of nitrogens with two attached hydrogens (primary N) is 1. The quantitative estimate of drug-likeness (QED) is 0.0497. The monoisotopic (exact) mass is 814 g/mol. The van der Waals surface area contributed by atoms with Crippen molar-refractivity contribution in [2.24, 2.45) is 13.0 Å². The number of imidazole rings is 2. The number of phosphoric ester groups is 2. The van der Waals surface area contributed by atoms with Gasteiger partial charge in [-0.15, -0.1) is 0 Å². The van der Waals surface area contributed by atoms with Crippen molar-refractivity contribution in [3.63, 3.8) is 0 Å². The summed E-state index contributed by atoms with van der Waals surface area (Å²) in [7, 11) is -14.4. The van der Waals surface area contributed by atoms with Crippen molar-refractivity contribution >= 4 is 51.7 Å². The number of phosphoric acid groups is 3. The summed E-state index contributed by atoms with van der Waals surface area (Å²) in [6.45, 7) is -0.244. The Bertz CT molecular complexity index is 2300. The third-order valence-electron chi connectivity index (χ3n) is 8.59. The van der Waals surface area contributed by atoms with Gasteiger partial charge in [-0.2, -0.15) is 13.6 Å². The topological polar surface area (TPSA) is 372 Å². The smallest absolute Gasteiger partial charge is 0.390 e. The van der Waals surface area contributed by atoms with Gasteiger partial charge in [0.15, 0.2) is 17.4 Å². The van der Waals surface area contributed by atoms with E-state index in [0.29, 0.717) is 0 Å². The first kappa shape index (κ1) is 39.4. The highest BCUT2D eigenvalue weighted by Gasteiger charge is 2.50. The van der Waals surface area contributed by atoms with Gasteiger partial charge in [0.05, 0.1) is 32.7 Å². The van der Waals surface area contributed by atoms with Crippen LogP contribution in [0, 0.1) is 12.8 Å². The lowest BCUT2D eigenvalue weighted by Crippen LogP contribution is -2.35. The van der Waals surface area contributed by atoms with Crippen molar-refractivity contribution in [1.82, 2.24) is 34.1 Å². The molecule has 26 nitrogen and oxygen atoms in total. The number of nitrogen functional groups attached to an aromatic ring is 1. The molecule has 1 saturated carbocycles. The Morgan fingerprint density at radius 1 is 0.943 bits per heavy atom. The van der Waals surface area contributed by atoms with Crippen molar-refractivity contribution in [3.05, 3.63) is 39.2 Å². The van der Waals surface area contributed by atoms with Crippen LogP contribution in [0.2, 0.25) is 0 Å². The molecule has 29 heteroatoms. The van der Waals surface area contributed by atoms with Crippen LogP contribution >= 0.6 is 23.5 Å². The second kappa shape index (κ2) is 14.4. The van der Waals surface area contributed by atoms with Crippen molar-refractivity contribution in [3.8, 4) is 0 Å². The third-order valence-corrected chi connectivity index (χ3v) is 12.8. The number of nitrogens with one attached hydrogen (secondary N) is 2.